The van der Waals surface area contributed by atoms with Crippen LogP contribution >= 0.6 is 11.6 Å². The van der Waals surface area contributed by atoms with Gasteiger partial charge in [0.25, 0.3) is 5.91 Å². The maximum absolute atomic E-state index is 12.2. The number of aryl methyl sites for hydroxylation is 2. The minimum absolute atomic E-state index is 0.0430. The van der Waals surface area contributed by atoms with Crippen molar-refractivity contribution in [1.29, 1.82) is 0 Å². The van der Waals surface area contributed by atoms with Crippen LogP contribution in [0.4, 0.5) is 11.6 Å². The number of benzene rings is 1. The standard InChI is InChI=1S/C26H37ClN8O3/c27-22-24(29)33-23(28)21(32-22)25(37)34-26(30)31-13-3-2-6-18-7-9-19(10-8-18)11-12-20(36)38-17-16-35-14-4-1-5-15-35/h7-10H,1-6,11-17H2,(H4,28,29,33)(H3,30,31,34,37). The Hall–Kier alpha value is -3.44. The van der Waals surface area contributed by atoms with Gasteiger partial charge in [0.2, 0.25) is 0 Å². The van der Waals surface area contributed by atoms with E-state index in [4.69, 9.17) is 33.5 Å². The summed E-state index contributed by atoms with van der Waals surface area (Å²) in [4.78, 5) is 38.4. The number of unbranched alkanes of at least 4 members (excludes halogenated alkanes) is 1. The molecule has 0 radical (unpaired) electrons. The molecular formula is C26H37ClN8O3. The zero-order chi connectivity index (χ0) is 27.3. The maximum atomic E-state index is 12.2. The summed E-state index contributed by atoms with van der Waals surface area (Å²) in [5.74, 6) is -1.06. The van der Waals surface area contributed by atoms with Crippen molar-refractivity contribution in [3.63, 3.8) is 0 Å². The number of nitrogen functional groups attached to an aromatic ring is 2. The Morgan fingerprint density at radius 2 is 1.68 bits per heavy atom. The number of aromatic nitrogens is 2. The predicted octanol–water partition coefficient (Wildman–Crippen LogP) is 2.32. The topological polar surface area (TPSA) is 175 Å². The number of hydrogen-bond acceptors (Lipinski definition) is 9. The lowest BCUT2D eigenvalue weighted by Gasteiger charge is -2.25. The van der Waals surface area contributed by atoms with Gasteiger partial charge >= 0.3 is 5.97 Å². The van der Waals surface area contributed by atoms with Gasteiger partial charge < -0.3 is 21.9 Å². The van der Waals surface area contributed by atoms with Gasteiger partial charge in [-0.25, -0.2) is 9.97 Å². The summed E-state index contributed by atoms with van der Waals surface area (Å²) in [5, 5.41) is 2.30. The lowest BCUT2D eigenvalue weighted by Crippen LogP contribution is -2.38. The van der Waals surface area contributed by atoms with E-state index in [9.17, 15) is 9.59 Å². The van der Waals surface area contributed by atoms with Crippen LogP contribution in [0.1, 0.15) is 60.1 Å². The summed E-state index contributed by atoms with van der Waals surface area (Å²) in [6.45, 7) is 3.97. The van der Waals surface area contributed by atoms with E-state index < -0.39 is 5.91 Å². The average molecular weight is 545 g/mol. The van der Waals surface area contributed by atoms with Gasteiger partial charge in [-0.2, -0.15) is 0 Å². The van der Waals surface area contributed by atoms with Crippen LogP contribution in [0.2, 0.25) is 5.15 Å². The second-order valence-corrected chi connectivity index (χ2v) is 9.61. The van der Waals surface area contributed by atoms with Crippen LogP contribution in [-0.2, 0) is 22.4 Å². The van der Waals surface area contributed by atoms with Gasteiger partial charge in [-0.1, -0.05) is 42.3 Å². The number of carbonyl (C=O) groups is 2. The number of piperidine rings is 1. The molecule has 0 unspecified atom stereocenters. The molecule has 7 N–H and O–H groups in total. The largest absolute Gasteiger partial charge is 0.464 e. The Kier molecular flexibility index (Phi) is 11.6. The number of esters is 1. The number of nitrogens with two attached hydrogens (primary N) is 3. The molecule has 0 spiro atoms. The van der Waals surface area contributed by atoms with Gasteiger partial charge in [0.1, 0.15) is 6.61 Å². The molecule has 38 heavy (non-hydrogen) atoms. The Bertz CT molecular complexity index is 1100. The van der Waals surface area contributed by atoms with E-state index in [0.29, 0.717) is 26.0 Å². The highest BCUT2D eigenvalue weighted by Gasteiger charge is 2.16. The number of ether oxygens (including phenoxy) is 1. The molecule has 2 aromatic rings. The van der Waals surface area contributed by atoms with E-state index >= 15 is 0 Å². The fourth-order valence-corrected chi connectivity index (χ4v) is 4.25. The van der Waals surface area contributed by atoms with Crippen molar-refractivity contribution in [2.45, 2.75) is 51.4 Å². The lowest BCUT2D eigenvalue weighted by molar-refractivity contribution is -0.144. The van der Waals surface area contributed by atoms with Crippen molar-refractivity contribution in [3.05, 3.63) is 46.2 Å². The molecule has 0 atom stereocenters. The molecule has 1 aliphatic rings. The third-order valence-electron chi connectivity index (χ3n) is 6.28. The van der Waals surface area contributed by atoms with E-state index in [1.807, 2.05) is 0 Å². The SMILES string of the molecule is NC(=NCCCCc1ccc(CCC(=O)OCCN2CCCCC2)cc1)NC(=O)c1nc(Cl)c(N)nc1N. The van der Waals surface area contributed by atoms with Crippen LogP contribution in [0.25, 0.3) is 0 Å². The van der Waals surface area contributed by atoms with Crippen molar-refractivity contribution in [3.8, 4) is 0 Å². The van der Waals surface area contributed by atoms with Crippen LogP contribution in [0.5, 0.6) is 0 Å². The molecule has 206 valence electrons. The summed E-state index contributed by atoms with van der Waals surface area (Å²) in [6.07, 6.45) is 7.41. The number of carbonyl (C=O) groups excluding carboxylic acids is 2. The molecule has 1 aromatic carbocycles. The number of amides is 1. The van der Waals surface area contributed by atoms with Crippen molar-refractivity contribution in [2.75, 3.05) is 44.3 Å². The normalized spacial score (nSPS) is 14.3. The third kappa shape index (κ3) is 9.79. The average Bonchev–Trinajstić information content (AvgIpc) is 2.90. The number of aliphatic imine (C=N–C) groups is 1. The first-order valence-corrected chi connectivity index (χ1v) is 13.3. The highest BCUT2D eigenvalue weighted by molar-refractivity contribution is 6.31. The van der Waals surface area contributed by atoms with Crippen molar-refractivity contribution >= 4 is 41.1 Å². The quantitative estimate of drug-likeness (QED) is 0.135. The molecular weight excluding hydrogens is 508 g/mol. The zero-order valence-electron chi connectivity index (χ0n) is 21.6. The first-order valence-electron chi connectivity index (χ1n) is 13.0. The summed E-state index contributed by atoms with van der Waals surface area (Å²) in [7, 11) is 0. The number of likely N-dealkylation sites (tertiary alicyclic amines) is 1. The zero-order valence-corrected chi connectivity index (χ0v) is 22.4. The molecule has 1 aromatic heterocycles. The Balaban J connectivity index is 1.29. The fraction of sp³-hybridized carbons (Fsp3) is 0.500. The molecule has 3 rings (SSSR count). The molecule has 12 heteroatoms. The number of hydrogen-bond donors (Lipinski definition) is 4. The second kappa shape index (κ2) is 15.1. The van der Waals surface area contributed by atoms with Gasteiger partial charge in [0.05, 0.1) is 0 Å². The predicted molar refractivity (Wildman–Crippen MR) is 149 cm³/mol. The van der Waals surface area contributed by atoms with Crippen LogP contribution in [-0.4, -0.2) is 65.5 Å². The van der Waals surface area contributed by atoms with Crippen LogP contribution in [0.3, 0.4) is 0 Å². The Labute approximate surface area is 228 Å². The number of halogens is 1. The molecule has 11 nitrogen and oxygen atoms in total. The van der Waals surface area contributed by atoms with E-state index in [1.165, 1.54) is 24.8 Å². The maximum Gasteiger partial charge on any atom is 0.306 e. The van der Waals surface area contributed by atoms with E-state index in [0.717, 1.165) is 44.5 Å². The highest BCUT2D eigenvalue weighted by atomic mass is 35.5. The van der Waals surface area contributed by atoms with Crippen molar-refractivity contribution in [2.24, 2.45) is 10.7 Å². The highest BCUT2D eigenvalue weighted by Crippen LogP contribution is 2.17. The minimum atomic E-state index is -0.663. The summed E-state index contributed by atoms with van der Waals surface area (Å²) in [5.41, 5.74) is 19.1. The van der Waals surface area contributed by atoms with Gasteiger partial charge in [-0.05, 0) is 62.7 Å². The van der Waals surface area contributed by atoms with Crippen LogP contribution in [0, 0.1) is 0 Å². The number of rotatable bonds is 12. The molecule has 2 heterocycles. The monoisotopic (exact) mass is 544 g/mol. The Morgan fingerprint density at radius 3 is 2.39 bits per heavy atom. The van der Waals surface area contributed by atoms with E-state index in [1.54, 1.807) is 0 Å². The lowest BCUT2D eigenvalue weighted by atomic mass is 10.0. The van der Waals surface area contributed by atoms with Crippen molar-refractivity contribution in [1.82, 2.24) is 20.2 Å². The molecule has 0 bridgehead atoms. The summed E-state index contributed by atoms with van der Waals surface area (Å²) < 4.78 is 5.40. The van der Waals surface area contributed by atoms with Gasteiger partial charge in [0, 0.05) is 19.5 Å². The second-order valence-electron chi connectivity index (χ2n) is 9.25. The molecule has 0 saturated carbocycles. The first kappa shape index (κ1) is 29.1. The third-order valence-corrected chi connectivity index (χ3v) is 6.56. The molecule has 1 fully saturated rings. The summed E-state index contributed by atoms with van der Waals surface area (Å²) >= 11 is 5.80. The van der Waals surface area contributed by atoms with Crippen molar-refractivity contribution < 1.29 is 14.3 Å². The van der Waals surface area contributed by atoms with E-state index in [2.05, 4.69) is 49.4 Å². The van der Waals surface area contributed by atoms with E-state index in [-0.39, 0.29) is 34.4 Å². The number of guanidine groups is 1. The van der Waals surface area contributed by atoms with Crippen LogP contribution < -0.4 is 22.5 Å². The van der Waals surface area contributed by atoms with Gasteiger partial charge in [0.15, 0.2) is 28.4 Å². The number of anilines is 2. The molecule has 1 aliphatic heterocycles. The minimum Gasteiger partial charge on any atom is -0.464 e. The van der Waals surface area contributed by atoms with Crippen LogP contribution in [0.15, 0.2) is 29.3 Å². The first-order chi connectivity index (χ1) is 18.3. The Morgan fingerprint density at radius 1 is 1.00 bits per heavy atom. The molecule has 0 aliphatic carbocycles. The van der Waals surface area contributed by atoms with Gasteiger partial charge in [-0.15, -0.1) is 0 Å². The molecule has 1 amide bonds. The smallest absolute Gasteiger partial charge is 0.306 e. The number of nitrogens with one attached hydrogen (secondary N) is 1. The summed E-state index contributed by atoms with van der Waals surface area (Å²) in [6, 6.07) is 8.27. The van der Waals surface area contributed by atoms with Gasteiger partial charge in [-0.3, -0.25) is 24.8 Å². The molecule has 1 saturated heterocycles. The number of nitrogens with zero attached hydrogens (tertiary/aromatic N) is 4. The fourth-order valence-electron chi connectivity index (χ4n) is 4.13.